The second-order valence-corrected chi connectivity index (χ2v) is 6.19. The fraction of sp³-hybridized carbons (Fsp3) is 0.733. The van der Waals surface area contributed by atoms with Gasteiger partial charge in [-0.25, -0.2) is 14.5 Å². The average Bonchev–Trinajstić information content (AvgIpc) is 2.72. The van der Waals surface area contributed by atoms with Crippen LogP contribution < -0.4 is 0 Å². The van der Waals surface area contributed by atoms with Gasteiger partial charge in [-0.3, -0.25) is 9.59 Å². The molecule has 1 aliphatic rings. The molecule has 1 saturated heterocycles. The minimum absolute atomic E-state index is 0.127. The Kier molecular flexibility index (Phi) is 6.12. The summed E-state index contributed by atoms with van der Waals surface area (Å²) in [6, 6.07) is -1.19. The van der Waals surface area contributed by atoms with E-state index in [0.717, 1.165) is 12.0 Å². The van der Waals surface area contributed by atoms with Crippen molar-refractivity contribution in [3.05, 3.63) is 0 Å². The summed E-state index contributed by atoms with van der Waals surface area (Å²) < 4.78 is 14.7. The summed E-state index contributed by atoms with van der Waals surface area (Å²) in [5.74, 6) is -2.58. The first-order valence-corrected chi connectivity index (χ1v) is 7.39. The fourth-order valence-corrected chi connectivity index (χ4v) is 2.36. The van der Waals surface area contributed by atoms with Crippen molar-refractivity contribution in [1.29, 1.82) is 0 Å². The third-order valence-corrected chi connectivity index (χ3v) is 3.20. The van der Waals surface area contributed by atoms with Gasteiger partial charge in [-0.15, -0.1) is 0 Å². The maximum atomic E-state index is 12.2. The van der Waals surface area contributed by atoms with E-state index in [1.165, 1.54) is 0 Å². The number of nitrogens with zero attached hydrogens (tertiary/aromatic N) is 1. The first kappa shape index (κ1) is 18.9. The molecule has 0 aromatic carbocycles. The van der Waals surface area contributed by atoms with Crippen molar-refractivity contribution in [2.75, 3.05) is 13.7 Å². The first-order valence-electron chi connectivity index (χ1n) is 7.39. The monoisotopic (exact) mass is 329 g/mol. The van der Waals surface area contributed by atoms with Crippen molar-refractivity contribution in [2.45, 2.75) is 52.2 Å². The third kappa shape index (κ3) is 4.94. The molecule has 8 nitrogen and oxygen atoms in total. The summed E-state index contributed by atoms with van der Waals surface area (Å²) in [5, 5.41) is 0. The summed E-state index contributed by atoms with van der Waals surface area (Å²) in [7, 11) is 1.15. The highest BCUT2D eigenvalue weighted by molar-refractivity contribution is 6.00. The van der Waals surface area contributed by atoms with Crippen LogP contribution in [0.3, 0.4) is 0 Å². The Balaban J connectivity index is 3.00. The van der Waals surface area contributed by atoms with Crippen LogP contribution in [0, 0.1) is 5.92 Å². The molecule has 0 aromatic heterocycles. The maximum Gasteiger partial charge on any atom is 0.417 e. The smallest absolute Gasteiger partial charge is 0.417 e. The SMILES string of the molecule is CCOC(=O)C[C@H]1CC(=O)N(C(=O)OC(C)(C)C)[C@@H]1C(=O)OC. The van der Waals surface area contributed by atoms with Gasteiger partial charge in [0.05, 0.1) is 20.1 Å². The molecule has 2 amide bonds. The van der Waals surface area contributed by atoms with Gasteiger partial charge in [-0.1, -0.05) is 0 Å². The predicted octanol–water partition coefficient (Wildman–Crippen LogP) is 1.26. The largest absolute Gasteiger partial charge is 0.467 e. The maximum absolute atomic E-state index is 12.2. The van der Waals surface area contributed by atoms with Crippen molar-refractivity contribution in [2.24, 2.45) is 5.92 Å². The summed E-state index contributed by atoms with van der Waals surface area (Å²) in [4.78, 5) is 48.8. The normalized spacial score (nSPS) is 21.1. The van der Waals surface area contributed by atoms with E-state index in [-0.39, 0.29) is 19.4 Å². The second-order valence-electron chi connectivity index (χ2n) is 6.19. The highest BCUT2D eigenvalue weighted by atomic mass is 16.6. The van der Waals surface area contributed by atoms with Crippen LogP contribution in [0.25, 0.3) is 0 Å². The minimum atomic E-state index is -1.19. The number of carbonyl (C=O) groups is 4. The molecule has 0 N–H and O–H groups in total. The number of hydrogen-bond donors (Lipinski definition) is 0. The molecule has 1 aliphatic heterocycles. The molecule has 0 radical (unpaired) electrons. The number of methoxy groups -OCH3 is 1. The molecule has 0 bridgehead atoms. The number of hydrogen-bond acceptors (Lipinski definition) is 7. The number of carbonyl (C=O) groups excluding carboxylic acids is 4. The number of likely N-dealkylation sites (tertiary alicyclic amines) is 1. The molecular formula is C15H23NO7. The summed E-state index contributed by atoms with van der Waals surface area (Å²) in [5.41, 5.74) is -0.822. The lowest BCUT2D eigenvalue weighted by molar-refractivity contribution is -0.151. The van der Waals surface area contributed by atoms with Gasteiger partial charge in [0.15, 0.2) is 0 Å². The Bertz CT molecular complexity index is 495. The van der Waals surface area contributed by atoms with Gasteiger partial charge in [0, 0.05) is 12.3 Å². The number of imide groups is 1. The quantitative estimate of drug-likeness (QED) is 0.565. The van der Waals surface area contributed by atoms with E-state index >= 15 is 0 Å². The van der Waals surface area contributed by atoms with Gasteiger partial charge in [-0.05, 0) is 27.7 Å². The van der Waals surface area contributed by atoms with E-state index in [2.05, 4.69) is 4.74 Å². The summed E-state index contributed by atoms with van der Waals surface area (Å²) >= 11 is 0. The van der Waals surface area contributed by atoms with Gasteiger partial charge >= 0.3 is 18.0 Å². The molecular weight excluding hydrogens is 306 g/mol. The molecule has 0 spiro atoms. The van der Waals surface area contributed by atoms with E-state index in [9.17, 15) is 19.2 Å². The van der Waals surface area contributed by atoms with E-state index in [1.54, 1.807) is 27.7 Å². The molecule has 8 heteroatoms. The van der Waals surface area contributed by atoms with Crippen molar-refractivity contribution < 1.29 is 33.4 Å². The topological polar surface area (TPSA) is 99.2 Å². The van der Waals surface area contributed by atoms with Gasteiger partial charge in [0.2, 0.25) is 5.91 Å². The van der Waals surface area contributed by atoms with Gasteiger partial charge in [0.25, 0.3) is 0 Å². The third-order valence-electron chi connectivity index (χ3n) is 3.20. The number of rotatable bonds is 4. The van der Waals surface area contributed by atoms with Crippen LogP contribution in [-0.2, 0) is 28.6 Å². The molecule has 23 heavy (non-hydrogen) atoms. The highest BCUT2D eigenvalue weighted by Crippen LogP contribution is 2.31. The lowest BCUT2D eigenvalue weighted by Crippen LogP contribution is -2.48. The fourth-order valence-electron chi connectivity index (χ4n) is 2.36. The number of ether oxygens (including phenoxy) is 3. The zero-order chi connectivity index (χ0) is 17.8. The van der Waals surface area contributed by atoms with E-state index < -0.39 is 41.5 Å². The standard InChI is InChI=1S/C15H23NO7/c1-6-22-11(18)8-9-7-10(17)16(12(9)13(19)21-5)14(20)23-15(2,3)4/h9,12H,6-8H2,1-5H3/t9-,12+/m1/s1. The first-order chi connectivity index (χ1) is 10.6. The Hall–Kier alpha value is -2.12. The molecule has 0 saturated carbocycles. The van der Waals surface area contributed by atoms with Crippen LogP contribution in [0.5, 0.6) is 0 Å². The van der Waals surface area contributed by atoms with E-state index in [1.807, 2.05) is 0 Å². The Morgan fingerprint density at radius 3 is 2.35 bits per heavy atom. The van der Waals surface area contributed by atoms with Crippen molar-refractivity contribution in [3.63, 3.8) is 0 Å². The lowest BCUT2D eigenvalue weighted by atomic mass is 9.96. The van der Waals surface area contributed by atoms with Crippen LogP contribution in [0.1, 0.15) is 40.5 Å². The average molecular weight is 329 g/mol. The van der Waals surface area contributed by atoms with Crippen molar-refractivity contribution in [3.8, 4) is 0 Å². The molecule has 1 fully saturated rings. The molecule has 2 atom stereocenters. The zero-order valence-corrected chi connectivity index (χ0v) is 14.1. The van der Waals surface area contributed by atoms with E-state index in [4.69, 9.17) is 9.47 Å². The van der Waals surface area contributed by atoms with Crippen LogP contribution in [0.15, 0.2) is 0 Å². The number of amides is 2. The van der Waals surface area contributed by atoms with Crippen LogP contribution in [0.4, 0.5) is 4.79 Å². The molecule has 0 aromatic rings. The molecule has 0 aliphatic carbocycles. The Labute approximate surface area is 135 Å². The van der Waals surface area contributed by atoms with Crippen LogP contribution >= 0.6 is 0 Å². The van der Waals surface area contributed by atoms with Crippen molar-refractivity contribution >= 4 is 23.9 Å². The van der Waals surface area contributed by atoms with Crippen molar-refractivity contribution in [1.82, 2.24) is 4.90 Å². The van der Waals surface area contributed by atoms with Gasteiger partial charge in [0.1, 0.15) is 11.6 Å². The Morgan fingerprint density at radius 1 is 1.26 bits per heavy atom. The number of esters is 2. The molecule has 0 unspecified atom stereocenters. The Morgan fingerprint density at radius 2 is 1.87 bits per heavy atom. The van der Waals surface area contributed by atoms with E-state index in [0.29, 0.717) is 0 Å². The highest BCUT2D eigenvalue weighted by Gasteiger charge is 2.50. The summed E-state index contributed by atoms with van der Waals surface area (Å²) in [6.45, 7) is 6.79. The van der Waals surface area contributed by atoms with Crippen LogP contribution in [0.2, 0.25) is 0 Å². The zero-order valence-electron chi connectivity index (χ0n) is 14.1. The molecule has 1 heterocycles. The minimum Gasteiger partial charge on any atom is -0.467 e. The van der Waals surface area contributed by atoms with Crippen LogP contribution in [-0.4, -0.2) is 54.2 Å². The predicted molar refractivity (Wildman–Crippen MR) is 78.2 cm³/mol. The van der Waals surface area contributed by atoms with Gasteiger partial charge < -0.3 is 14.2 Å². The molecule has 130 valence electrons. The lowest BCUT2D eigenvalue weighted by Gasteiger charge is -2.27. The summed E-state index contributed by atoms with van der Waals surface area (Å²) in [6.07, 6.45) is -1.21. The molecule has 1 rings (SSSR count). The second kappa shape index (κ2) is 7.43. The van der Waals surface area contributed by atoms with Gasteiger partial charge in [-0.2, -0.15) is 0 Å².